The fourth-order valence-corrected chi connectivity index (χ4v) is 1.99. The van der Waals surface area contributed by atoms with E-state index in [9.17, 15) is 9.18 Å². The van der Waals surface area contributed by atoms with Gasteiger partial charge in [-0.25, -0.2) is 4.39 Å². The van der Waals surface area contributed by atoms with Crippen LogP contribution >= 0.6 is 0 Å². The highest BCUT2D eigenvalue weighted by molar-refractivity contribution is 5.92. The van der Waals surface area contributed by atoms with Crippen LogP contribution in [-0.2, 0) is 11.2 Å². The van der Waals surface area contributed by atoms with E-state index in [0.29, 0.717) is 5.69 Å². The van der Waals surface area contributed by atoms with Crippen LogP contribution in [0.3, 0.4) is 0 Å². The first kappa shape index (κ1) is 16.0. The lowest BCUT2D eigenvalue weighted by atomic mass is 10.1. The Labute approximate surface area is 130 Å². The number of benzene rings is 2. The number of halogens is 1. The Morgan fingerprint density at radius 3 is 2.41 bits per heavy atom. The molecule has 4 heteroatoms. The van der Waals surface area contributed by atoms with Gasteiger partial charge >= 0.3 is 0 Å². The third kappa shape index (κ3) is 5.20. The molecule has 116 valence electrons. The summed E-state index contributed by atoms with van der Waals surface area (Å²) in [6.45, 7) is 5.94. The maximum absolute atomic E-state index is 13.1. The Hall–Kier alpha value is -2.36. The highest BCUT2D eigenvalue weighted by Crippen LogP contribution is 2.19. The van der Waals surface area contributed by atoms with Crippen molar-refractivity contribution in [3.63, 3.8) is 0 Å². The van der Waals surface area contributed by atoms with Crippen LogP contribution in [0, 0.1) is 5.82 Å². The summed E-state index contributed by atoms with van der Waals surface area (Å²) in [4.78, 5) is 11.9. The minimum Gasteiger partial charge on any atom is -0.488 e. The molecule has 0 aliphatic heterocycles. The molecule has 0 spiro atoms. The Balaban J connectivity index is 1.94. The first-order valence-electron chi connectivity index (χ1n) is 7.15. The van der Waals surface area contributed by atoms with Gasteiger partial charge in [-0.2, -0.15) is 0 Å². The number of carbonyl (C=O) groups is 1. The number of hydrogen-bond acceptors (Lipinski definition) is 2. The fraction of sp³-hybridized carbons (Fsp3) is 0.278. The van der Waals surface area contributed by atoms with Gasteiger partial charge in [0.05, 0.1) is 6.42 Å². The molecule has 0 bridgehead atoms. The van der Waals surface area contributed by atoms with Gasteiger partial charge in [0.25, 0.3) is 0 Å². The molecule has 0 saturated carbocycles. The van der Waals surface area contributed by atoms with E-state index >= 15 is 0 Å². The lowest BCUT2D eigenvalue weighted by Crippen LogP contribution is -2.22. The standard InChI is InChI=1S/C18H20FNO2/c1-18(2,3)22-16-9-7-13(8-10-16)11-17(21)20-15-6-4-5-14(19)12-15/h4-10,12H,11H2,1-3H3,(H,20,21). The van der Waals surface area contributed by atoms with Crippen LogP contribution < -0.4 is 10.1 Å². The monoisotopic (exact) mass is 301 g/mol. The van der Waals surface area contributed by atoms with Crippen molar-refractivity contribution in [2.45, 2.75) is 32.8 Å². The molecule has 2 aromatic carbocycles. The van der Waals surface area contributed by atoms with Crippen LogP contribution in [0.5, 0.6) is 5.75 Å². The van der Waals surface area contributed by atoms with E-state index in [0.717, 1.165) is 11.3 Å². The van der Waals surface area contributed by atoms with Crippen LogP contribution in [0.25, 0.3) is 0 Å². The van der Waals surface area contributed by atoms with Gasteiger partial charge in [-0.3, -0.25) is 4.79 Å². The van der Waals surface area contributed by atoms with Crippen molar-refractivity contribution in [2.24, 2.45) is 0 Å². The molecule has 2 aromatic rings. The topological polar surface area (TPSA) is 38.3 Å². The third-order valence-corrected chi connectivity index (χ3v) is 2.82. The molecule has 0 heterocycles. The zero-order valence-electron chi connectivity index (χ0n) is 13.0. The van der Waals surface area contributed by atoms with Gasteiger partial charge in [0.15, 0.2) is 0 Å². The molecule has 1 N–H and O–H groups in total. The first-order valence-corrected chi connectivity index (χ1v) is 7.15. The van der Waals surface area contributed by atoms with Crippen LogP contribution in [0.4, 0.5) is 10.1 Å². The molecule has 22 heavy (non-hydrogen) atoms. The Kier molecular flexibility index (Phi) is 4.81. The third-order valence-electron chi connectivity index (χ3n) is 2.82. The fourth-order valence-electron chi connectivity index (χ4n) is 1.99. The van der Waals surface area contributed by atoms with Crippen molar-refractivity contribution < 1.29 is 13.9 Å². The van der Waals surface area contributed by atoms with Gasteiger partial charge in [0, 0.05) is 5.69 Å². The molecule has 0 aliphatic carbocycles. The van der Waals surface area contributed by atoms with Crippen molar-refractivity contribution in [2.75, 3.05) is 5.32 Å². The predicted molar refractivity (Wildman–Crippen MR) is 85.6 cm³/mol. The average molecular weight is 301 g/mol. The van der Waals surface area contributed by atoms with Crippen molar-refractivity contribution in [3.05, 3.63) is 59.9 Å². The van der Waals surface area contributed by atoms with Crippen molar-refractivity contribution in [3.8, 4) is 5.75 Å². The highest BCUT2D eigenvalue weighted by atomic mass is 19.1. The quantitative estimate of drug-likeness (QED) is 0.920. The molecule has 0 aliphatic rings. The second-order valence-corrected chi connectivity index (χ2v) is 6.09. The van der Waals surface area contributed by atoms with Gasteiger partial charge in [0.1, 0.15) is 17.2 Å². The predicted octanol–water partition coefficient (Wildman–Crippen LogP) is 4.18. The largest absolute Gasteiger partial charge is 0.488 e. The number of amides is 1. The van der Waals surface area contributed by atoms with E-state index in [2.05, 4.69) is 5.32 Å². The van der Waals surface area contributed by atoms with Gasteiger partial charge in [0.2, 0.25) is 5.91 Å². The summed E-state index contributed by atoms with van der Waals surface area (Å²) in [5, 5.41) is 2.67. The van der Waals surface area contributed by atoms with Gasteiger partial charge < -0.3 is 10.1 Å². The second kappa shape index (κ2) is 6.60. The molecule has 0 saturated heterocycles. The maximum Gasteiger partial charge on any atom is 0.228 e. The molecular formula is C18H20FNO2. The molecule has 1 amide bonds. The number of nitrogens with one attached hydrogen (secondary N) is 1. The molecule has 0 aromatic heterocycles. The van der Waals surface area contributed by atoms with E-state index in [-0.39, 0.29) is 23.7 Å². The Bertz CT molecular complexity index is 645. The van der Waals surface area contributed by atoms with E-state index in [1.807, 2.05) is 45.0 Å². The van der Waals surface area contributed by atoms with E-state index in [1.54, 1.807) is 12.1 Å². The average Bonchev–Trinajstić information content (AvgIpc) is 2.39. The number of rotatable bonds is 4. The zero-order chi connectivity index (χ0) is 16.2. The molecule has 0 radical (unpaired) electrons. The number of hydrogen-bond donors (Lipinski definition) is 1. The van der Waals surface area contributed by atoms with Crippen LogP contribution in [0.1, 0.15) is 26.3 Å². The zero-order valence-corrected chi connectivity index (χ0v) is 13.0. The summed E-state index contributed by atoms with van der Waals surface area (Å²) in [5.41, 5.74) is 1.07. The van der Waals surface area contributed by atoms with Crippen molar-refractivity contribution >= 4 is 11.6 Å². The minimum absolute atomic E-state index is 0.185. The number of anilines is 1. The lowest BCUT2D eigenvalue weighted by Gasteiger charge is -2.21. The van der Waals surface area contributed by atoms with E-state index < -0.39 is 0 Å². The van der Waals surface area contributed by atoms with Crippen LogP contribution in [0.15, 0.2) is 48.5 Å². The summed E-state index contributed by atoms with van der Waals surface area (Å²) >= 11 is 0. The molecule has 0 atom stereocenters. The summed E-state index contributed by atoms with van der Waals surface area (Å²) < 4.78 is 18.8. The maximum atomic E-state index is 13.1. The Morgan fingerprint density at radius 2 is 1.82 bits per heavy atom. The summed E-state index contributed by atoms with van der Waals surface area (Å²) in [6, 6.07) is 13.2. The SMILES string of the molecule is CC(C)(C)Oc1ccc(CC(=O)Nc2cccc(F)c2)cc1. The molecular weight excluding hydrogens is 281 g/mol. The molecule has 3 nitrogen and oxygen atoms in total. The molecule has 0 fully saturated rings. The summed E-state index contributed by atoms with van der Waals surface area (Å²) in [5.74, 6) is 0.207. The van der Waals surface area contributed by atoms with E-state index in [1.165, 1.54) is 12.1 Å². The summed E-state index contributed by atoms with van der Waals surface area (Å²) in [7, 11) is 0. The van der Waals surface area contributed by atoms with Gasteiger partial charge in [-0.15, -0.1) is 0 Å². The van der Waals surface area contributed by atoms with Gasteiger partial charge in [-0.1, -0.05) is 18.2 Å². The lowest BCUT2D eigenvalue weighted by molar-refractivity contribution is -0.115. The summed E-state index contributed by atoms with van der Waals surface area (Å²) in [6.07, 6.45) is 0.228. The van der Waals surface area contributed by atoms with Crippen molar-refractivity contribution in [1.82, 2.24) is 0 Å². The smallest absolute Gasteiger partial charge is 0.228 e. The van der Waals surface area contributed by atoms with Crippen LogP contribution in [-0.4, -0.2) is 11.5 Å². The second-order valence-electron chi connectivity index (χ2n) is 6.09. The van der Waals surface area contributed by atoms with E-state index in [4.69, 9.17) is 4.74 Å². The highest BCUT2D eigenvalue weighted by Gasteiger charge is 2.11. The molecule has 0 unspecified atom stereocenters. The van der Waals surface area contributed by atoms with Crippen LogP contribution in [0.2, 0.25) is 0 Å². The number of carbonyl (C=O) groups excluding carboxylic acids is 1. The Morgan fingerprint density at radius 1 is 1.14 bits per heavy atom. The minimum atomic E-state index is -0.374. The first-order chi connectivity index (χ1) is 10.3. The normalized spacial score (nSPS) is 11.1. The molecule has 2 rings (SSSR count). The number of ether oxygens (including phenoxy) is 1. The van der Waals surface area contributed by atoms with Crippen molar-refractivity contribution in [1.29, 1.82) is 0 Å². The van der Waals surface area contributed by atoms with Gasteiger partial charge in [-0.05, 0) is 56.7 Å².